The van der Waals surface area contributed by atoms with Gasteiger partial charge in [0.05, 0.1) is 0 Å². The van der Waals surface area contributed by atoms with Crippen LogP contribution in [0.2, 0.25) is 5.02 Å². The summed E-state index contributed by atoms with van der Waals surface area (Å²) in [5.74, 6) is -0.0413. The first-order chi connectivity index (χ1) is 16.8. The lowest BCUT2D eigenvalue weighted by Crippen LogP contribution is -2.37. The Kier molecular flexibility index (Phi) is 6.86. The molecule has 2 fully saturated rings. The third-order valence-electron chi connectivity index (χ3n) is 6.34. The predicted molar refractivity (Wildman–Crippen MR) is 131 cm³/mol. The lowest BCUT2D eigenvalue weighted by atomic mass is 9.96. The second kappa shape index (κ2) is 9.90. The minimum Gasteiger partial charge on any atom is -0.489 e. The van der Waals surface area contributed by atoms with Gasteiger partial charge in [-0.25, -0.2) is 0 Å². The van der Waals surface area contributed by atoms with E-state index in [4.69, 9.17) is 30.5 Å². The zero-order chi connectivity index (χ0) is 24.6. The summed E-state index contributed by atoms with van der Waals surface area (Å²) in [5.41, 5.74) is 3.64. The van der Waals surface area contributed by atoms with Crippen molar-refractivity contribution in [2.75, 3.05) is 0 Å². The molecule has 0 aliphatic carbocycles. The smallest absolute Gasteiger partial charge is 0.190 e. The van der Waals surface area contributed by atoms with Crippen LogP contribution in [-0.4, -0.2) is 40.6 Å². The van der Waals surface area contributed by atoms with E-state index >= 15 is 0 Å². The molecule has 7 heteroatoms. The van der Waals surface area contributed by atoms with Crippen molar-refractivity contribution in [3.63, 3.8) is 0 Å². The van der Waals surface area contributed by atoms with Gasteiger partial charge in [-0.1, -0.05) is 66.2 Å². The molecule has 0 bridgehead atoms. The molecule has 0 radical (unpaired) electrons. The van der Waals surface area contributed by atoms with Crippen molar-refractivity contribution < 1.29 is 29.2 Å². The van der Waals surface area contributed by atoms with Crippen LogP contribution in [-0.2, 0) is 27.2 Å². The molecule has 2 heterocycles. The molecule has 3 aromatic rings. The quantitative estimate of drug-likeness (QED) is 0.490. The summed E-state index contributed by atoms with van der Waals surface area (Å²) >= 11 is 6.47. The normalized spacial score (nSPS) is 25.9. The van der Waals surface area contributed by atoms with E-state index in [9.17, 15) is 10.2 Å². The summed E-state index contributed by atoms with van der Waals surface area (Å²) in [6.07, 6.45) is -3.71. The summed E-state index contributed by atoms with van der Waals surface area (Å²) in [5, 5.41) is 22.3. The lowest BCUT2D eigenvalue weighted by Gasteiger charge is -2.26. The van der Waals surface area contributed by atoms with Crippen LogP contribution in [0.3, 0.4) is 0 Å². The third kappa shape index (κ3) is 5.38. The van der Waals surface area contributed by atoms with Gasteiger partial charge in [-0.05, 0) is 60.7 Å². The molecule has 2 aliphatic heterocycles. The SMILES string of the molecule is CC1(C)OC2OC([C@@H](O)c3ccc(Cl)c(Cc4ccc(OCc5ccccc5)cc4)c3)C(O)C2O1. The average Bonchev–Trinajstić information content (AvgIpc) is 3.32. The van der Waals surface area contributed by atoms with Crippen molar-refractivity contribution in [2.24, 2.45) is 0 Å². The molecular weight excluding hydrogens is 468 g/mol. The number of rotatable bonds is 7. The van der Waals surface area contributed by atoms with Crippen LogP contribution in [0.15, 0.2) is 72.8 Å². The van der Waals surface area contributed by atoms with Gasteiger partial charge >= 0.3 is 0 Å². The van der Waals surface area contributed by atoms with Gasteiger partial charge < -0.3 is 29.2 Å². The molecule has 2 saturated heterocycles. The molecular formula is C28H29ClO6. The van der Waals surface area contributed by atoms with E-state index in [0.29, 0.717) is 23.6 Å². The van der Waals surface area contributed by atoms with Gasteiger partial charge in [0.15, 0.2) is 12.1 Å². The summed E-state index contributed by atoms with van der Waals surface area (Å²) in [6.45, 7) is 4.04. The Labute approximate surface area is 210 Å². The Balaban J connectivity index is 1.24. The van der Waals surface area contributed by atoms with Gasteiger partial charge in [-0.3, -0.25) is 0 Å². The number of aliphatic hydroxyl groups is 2. The molecule has 0 aromatic heterocycles. The highest BCUT2D eigenvalue weighted by molar-refractivity contribution is 6.31. The topological polar surface area (TPSA) is 77.4 Å². The molecule has 2 N–H and O–H groups in total. The summed E-state index contributed by atoms with van der Waals surface area (Å²) < 4.78 is 23.1. The van der Waals surface area contributed by atoms with Crippen molar-refractivity contribution in [1.82, 2.24) is 0 Å². The van der Waals surface area contributed by atoms with E-state index < -0.39 is 36.5 Å². The average molecular weight is 497 g/mol. The van der Waals surface area contributed by atoms with Crippen LogP contribution < -0.4 is 4.74 Å². The van der Waals surface area contributed by atoms with Crippen LogP contribution in [0.1, 0.15) is 42.2 Å². The van der Waals surface area contributed by atoms with Gasteiger partial charge in [0, 0.05) is 5.02 Å². The van der Waals surface area contributed by atoms with E-state index in [2.05, 4.69) is 0 Å². The number of ether oxygens (including phenoxy) is 4. The predicted octanol–water partition coefficient (Wildman–Crippen LogP) is 4.78. The maximum atomic E-state index is 11.0. The number of benzene rings is 3. The Morgan fingerprint density at radius 2 is 1.71 bits per heavy atom. The lowest BCUT2D eigenvalue weighted by molar-refractivity contribution is -0.226. The number of aliphatic hydroxyl groups excluding tert-OH is 2. The van der Waals surface area contributed by atoms with Crippen molar-refractivity contribution in [3.05, 3.63) is 100 Å². The van der Waals surface area contributed by atoms with E-state index in [-0.39, 0.29) is 0 Å². The van der Waals surface area contributed by atoms with Gasteiger partial charge in [0.2, 0.25) is 0 Å². The van der Waals surface area contributed by atoms with E-state index in [0.717, 1.165) is 22.4 Å². The Hall–Kier alpha value is -2.45. The van der Waals surface area contributed by atoms with E-state index in [1.54, 1.807) is 26.0 Å². The first-order valence-corrected chi connectivity index (χ1v) is 12.1. The standard InChI is InChI=1S/C28H29ClO6/c1-28(2)34-26-24(31)25(33-27(26)35-28)23(30)19-10-13-22(29)20(15-19)14-17-8-11-21(12-9-17)32-16-18-6-4-3-5-7-18/h3-13,15,23-27,30-31H,14,16H2,1-2H3/t23-,24?,25?,26?,27?/m0/s1. The number of hydrogen-bond acceptors (Lipinski definition) is 6. The fraction of sp³-hybridized carbons (Fsp3) is 0.357. The highest BCUT2D eigenvalue weighted by atomic mass is 35.5. The van der Waals surface area contributed by atoms with Crippen LogP contribution in [0, 0.1) is 0 Å². The van der Waals surface area contributed by atoms with Crippen molar-refractivity contribution in [3.8, 4) is 5.75 Å². The summed E-state index contributed by atoms with van der Waals surface area (Å²) in [7, 11) is 0. The fourth-order valence-corrected chi connectivity index (χ4v) is 4.73. The van der Waals surface area contributed by atoms with Gasteiger partial charge in [-0.2, -0.15) is 0 Å². The van der Waals surface area contributed by atoms with E-state index in [1.807, 2.05) is 60.7 Å². The maximum Gasteiger partial charge on any atom is 0.190 e. The molecule has 2 aliphatic rings. The highest BCUT2D eigenvalue weighted by Gasteiger charge is 2.56. The van der Waals surface area contributed by atoms with Crippen LogP contribution in [0.25, 0.3) is 0 Å². The zero-order valence-corrected chi connectivity index (χ0v) is 20.4. The number of fused-ring (bicyclic) bond motifs is 1. The van der Waals surface area contributed by atoms with Crippen LogP contribution in [0.4, 0.5) is 0 Å². The molecule has 0 saturated carbocycles. The van der Waals surface area contributed by atoms with Crippen LogP contribution in [0.5, 0.6) is 5.75 Å². The van der Waals surface area contributed by atoms with Gasteiger partial charge in [-0.15, -0.1) is 0 Å². The second-order valence-corrected chi connectivity index (χ2v) is 9.86. The minimum atomic E-state index is -1.06. The molecule has 0 amide bonds. The van der Waals surface area contributed by atoms with E-state index in [1.165, 1.54) is 0 Å². The summed E-state index contributed by atoms with van der Waals surface area (Å²) in [6, 6.07) is 23.2. The van der Waals surface area contributed by atoms with Crippen molar-refractivity contribution >= 4 is 11.6 Å². The van der Waals surface area contributed by atoms with Gasteiger partial charge in [0.1, 0.15) is 36.8 Å². The van der Waals surface area contributed by atoms with Crippen molar-refractivity contribution in [1.29, 1.82) is 0 Å². The fourth-order valence-electron chi connectivity index (χ4n) is 4.55. The molecule has 184 valence electrons. The summed E-state index contributed by atoms with van der Waals surface area (Å²) in [4.78, 5) is 0. The molecule has 5 atom stereocenters. The Morgan fingerprint density at radius 1 is 0.971 bits per heavy atom. The third-order valence-corrected chi connectivity index (χ3v) is 6.71. The number of hydrogen-bond donors (Lipinski definition) is 2. The first kappa shape index (κ1) is 24.3. The van der Waals surface area contributed by atoms with Gasteiger partial charge in [0.25, 0.3) is 0 Å². The molecule has 0 spiro atoms. The Bertz CT molecular complexity index is 1150. The monoisotopic (exact) mass is 496 g/mol. The first-order valence-electron chi connectivity index (χ1n) is 11.7. The minimum absolute atomic E-state index is 0.510. The zero-order valence-electron chi connectivity index (χ0n) is 19.6. The second-order valence-electron chi connectivity index (χ2n) is 9.45. The molecule has 4 unspecified atom stereocenters. The molecule has 5 rings (SSSR count). The van der Waals surface area contributed by atoms with Crippen LogP contribution >= 0.6 is 11.6 Å². The van der Waals surface area contributed by atoms with Crippen molar-refractivity contribution in [2.45, 2.75) is 63.4 Å². The largest absolute Gasteiger partial charge is 0.489 e. The molecule has 6 nitrogen and oxygen atoms in total. The maximum absolute atomic E-state index is 11.0. The highest BCUT2D eigenvalue weighted by Crippen LogP contribution is 2.41. The number of halogens is 1. The Morgan fingerprint density at radius 3 is 2.43 bits per heavy atom. The molecule has 35 heavy (non-hydrogen) atoms. The molecule has 3 aromatic carbocycles.